The summed E-state index contributed by atoms with van der Waals surface area (Å²) < 4.78 is 12.5. The molecule has 5 rings (SSSR count). The van der Waals surface area contributed by atoms with Crippen LogP contribution in [0.4, 0.5) is 0 Å². The quantitative estimate of drug-likeness (QED) is 0.412. The molecule has 0 saturated heterocycles. The van der Waals surface area contributed by atoms with Crippen LogP contribution in [0.5, 0.6) is 11.5 Å². The monoisotopic (exact) mass is 429 g/mol. The smallest absolute Gasteiger partial charge is 0.274 e. The molecule has 0 unspecified atom stereocenters. The van der Waals surface area contributed by atoms with E-state index < -0.39 is 0 Å². The van der Waals surface area contributed by atoms with Gasteiger partial charge in [0, 0.05) is 17.0 Å². The average molecular weight is 430 g/mol. The van der Waals surface area contributed by atoms with Crippen molar-refractivity contribution < 1.29 is 9.47 Å². The van der Waals surface area contributed by atoms with Crippen molar-refractivity contribution in [2.24, 2.45) is 0 Å². The van der Waals surface area contributed by atoms with E-state index in [0.717, 1.165) is 21.6 Å². The highest BCUT2D eigenvalue weighted by Gasteiger charge is 2.13. The van der Waals surface area contributed by atoms with Crippen LogP contribution in [0.3, 0.4) is 0 Å². The molecule has 1 N–H and O–H groups in total. The Labute approximate surface area is 182 Å². The predicted molar refractivity (Wildman–Crippen MR) is 122 cm³/mol. The second-order valence-corrected chi connectivity index (χ2v) is 7.90. The third-order valence-corrected chi connectivity index (χ3v) is 5.93. The van der Waals surface area contributed by atoms with Crippen molar-refractivity contribution in [3.8, 4) is 33.1 Å². The number of methoxy groups -OCH3 is 1. The molecule has 0 aliphatic heterocycles. The topological polar surface area (TPSA) is 68.6 Å². The number of thiophene rings is 1. The molecule has 0 radical (unpaired) electrons. The second kappa shape index (κ2) is 8.12. The molecule has 31 heavy (non-hydrogen) atoms. The van der Waals surface area contributed by atoms with Crippen molar-refractivity contribution in [1.29, 1.82) is 0 Å². The molecule has 3 aromatic heterocycles. The van der Waals surface area contributed by atoms with Gasteiger partial charge in [-0.25, -0.2) is 0 Å². The highest BCUT2D eigenvalue weighted by molar-refractivity contribution is 7.14. The maximum atomic E-state index is 12.6. The first-order valence-corrected chi connectivity index (χ1v) is 10.6. The van der Waals surface area contributed by atoms with Crippen molar-refractivity contribution in [1.82, 2.24) is 14.6 Å². The molecule has 2 aromatic carbocycles. The number of benzene rings is 2. The molecule has 3 heterocycles. The number of nitrogens with one attached hydrogen (secondary N) is 1. The zero-order valence-corrected chi connectivity index (χ0v) is 17.6. The zero-order chi connectivity index (χ0) is 21.2. The van der Waals surface area contributed by atoms with Gasteiger partial charge in [0.1, 0.15) is 23.8 Å². The first-order chi connectivity index (χ1) is 15.2. The molecule has 0 saturated carbocycles. The van der Waals surface area contributed by atoms with Gasteiger partial charge in [-0.05, 0) is 34.7 Å². The van der Waals surface area contributed by atoms with Gasteiger partial charge in [-0.15, -0.1) is 11.3 Å². The second-order valence-electron chi connectivity index (χ2n) is 6.98. The minimum absolute atomic E-state index is 0.205. The summed E-state index contributed by atoms with van der Waals surface area (Å²) in [5, 5.41) is 6.39. The van der Waals surface area contributed by atoms with E-state index in [1.807, 2.05) is 36.4 Å². The maximum Gasteiger partial charge on any atom is 0.274 e. The van der Waals surface area contributed by atoms with Crippen LogP contribution in [0.1, 0.15) is 5.69 Å². The molecule has 0 aliphatic carbocycles. The Morgan fingerprint density at radius 3 is 2.68 bits per heavy atom. The fourth-order valence-corrected chi connectivity index (χ4v) is 4.33. The number of nitrogens with zero attached hydrogens (tertiary/aromatic N) is 2. The number of fused-ring (bicyclic) bond motifs is 1. The van der Waals surface area contributed by atoms with E-state index in [1.54, 1.807) is 30.7 Å². The molecule has 0 aliphatic rings. The van der Waals surface area contributed by atoms with Gasteiger partial charge >= 0.3 is 0 Å². The van der Waals surface area contributed by atoms with Crippen molar-refractivity contribution in [3.05, 3.63) is 94.4 Å². The molecule has 0 bridgehead atoms. The van der Waals surface area contributed by atoms with Crippen molar-refractivity contribution in [3.63, 3.8) is 0 Å². The summed E-state index contributed by atoms with van der Waals surface area (Å²) in [7, 11) is 1.61. The third kappa shape index (κ3) is 3.83. The normalized spacial score (nSPS) is 11.0. The fourth-order valence-electron chi connectivity index (χ4n) is 3.40. The Morgan fingerprint density at radius 2 is 1.84 bits per heavy atom. The summed E-state index contributed by atoms with van der Waals surface area (Å²) in [5.41, 5.74) is 4.29. The van der Waals surface area contributed by atoms with Crippen LogP contribution in [0.15, 0.2) is 83.1 Å². The molecular weight excluding hydrogens is 410 g/mol. The highest BCUT2D eigenvalue weighted by Crippen LogP contribution is 2.34. The Bertz CT molecular complexity index is 1400. The summed E-state index contributed by atoms with van der Waals surface area (Å²) in [4.78, 5) is 16.9. The van der Waals surface area contributed by atoms with E-state index in [4.69, 9.17) is 9.47 Å². The number of aromatic nitrogens is 3. The average Bonchev–Trinajstić information content (AvgIpc) is 3.46. The lowest BCUT2D eigenvalue weighted by Gasteiger charge is -2.08. The van der Waals surface area contributed by atoms with Crippen LogP contribution >= 0.6 is 11.3 Å². The van der Waals surface area contributed by atoms with Gasteiger partial charge in [0.25, 0.3) is 5.56 Å². The Hall–Kier alpha value is -3.84. The summed E-state index contributed by atoms with van der Waals surface area (Å²) >= 11 is 1.62. The van der Waals surface area contributed by atoms with Crippen LogP contribution in [-0.2, 0) is 6.61 Å². The molecule has 154 valence electrons. The van der Waals surface area contributed by atoms with E-state index in [-0.39, 0.29) is 12.2 Å². The SMILES string of the molecule is COc1cccc(OCc2cc(=O)n3ncc(-c4cc(-c5ccccc5)cs4)c3[nH]2)c1. The summed E-state index contributed by atoms with van der Waals surface area (Å²) in [6.07, 6.45) is 1.72. The van der Waals surface area contributed by atoms with Crippen LogP contribution in [0.2, 0.25) is 0 Å². The van der Waals surface area contributed by atoms with E-state index in [1.165, 1.54) is 10.6 Å². The van der Waals surface area contributed by atoms with Gasteiger partial charge in [-0.2, -0.15) is 9.61 Å². The Kier molecular flexibility index (Phi) is 5.01. The van der Waals surface area contributed by atoms with Gasteiger partial charge in [-0.3, -0.25) is 4.79 Å². The number of rotatable bonds is 6. The van der Waals surface area contributed by atoms with Gasteiger partial charge in [-0.1, -0.05) is 36.4 Å². The third-order valence-electron chi connectivity index (χ3n) is 4.96. The Balaban J connectivity index is 1.46. The first kappa shape index (κ1) is 19.1. The highest BCUT2D eigenvalue weighted by atomic mass is 32.1. The molecule has 7 heteroatoms. The number of aromatic amines is 1. The summed E-state index contributed by atoms with van der Waals surface area (Å²) in [6, 6.07) is 21.2. The van der Waals surface area contributed by atoms with E-state index in [0.29, 0.717) is 22.8 Å². The van der Waals surface area contributed by atoms with Crippen molar-refractivity contribution in [2.45, 2.75) is 6.61 Å². The molecule has 6 nitrogen and oxygen atoms in total. The van der Waals surface area contributed by atoms with E-state index in [2.05, 4.69) is 33.7 Å². The minimum atomic E-state index is -0.205. The largest absolute Gasteiger partial charge is 0.497 e. The van der Waals surface area contributed by atoms with E-state index >= 15 is 0 Å². The van der Waals surface area contributed by atoms with Gasteiger partial charge < -0.3 is 14.5 Å². The van der Waals surface area contributed by atoms with E-state index in [9.17, 15) is 4.79 Å². The number of ether oxygens (including phenoxy) is 2. The summed E-state index contributed by atoms with van der Waals surface area (Å²) in [5.74, 6) is 1.38. The summed E-state index contributed by atoms with van der Waals surface area (Å²) in [6.45, 7) is 0.225. The number of hydrogen-bond acceptors (Lipinski definition) is 5. The fraction of sp³-hybridized carbons (Fsp3) is 0.0833. The maximum absolute atomic E-state index is 12.6. The Morgan fingerprint density at radius 1 is 1.00 bits per heavy atom. The lowest BCUT2D eigenvalue weighted by Crippen LogP contribution is -2.16. The molecular formula is C24H19N3O3S. The van der Waals surface area contributed by atoms with Crippen LogP contribution in [0, 0.1) is 0 Å². The molecule has 0 fully saturated rings. The molecule has 0 amide bonds. The molecule has 0 spiro atoms. The molecule has 5 aromatic rings. The zero-order valence-electron chi connectivity index (χ0n) is 16.7. The predicted octanol–water partition coefficient (Wildman–Crippen LogP) is 5.01. The van der Waals surface area contributed by atoms with Crippen LogP contribution in [-0.4, -0.2) is 21.7 Å². The van der Waals surface area contributed by atoms with Gasteiger partial charge in [0.2, 0.25) is 0 Å². The van der Waals surface area contributed by atoms with Crippen molar-refractivity contribution in [2.75, 3.05) is 7.11 Å². The van der Waals surface area contributed by atoms with Gasteiger partial charge in [0.05, 0.1) is 24.6 Å². The number of hydrogen-bond donors (Lipinski definition) is 1. The lowest BCUT2D eigenvalue weighted by atomic mass is 10.1. The standard InChI is InChI=1S/C24H19N3O3S/c1-29-19-8-5-9-20(12-19)30-14-18-11-23(28)27-24(26-18)21(13-25-27)22-10-17(15-31-22)16-6-3-2-4-7-16/h2-13,15,26H,14H2,1H3. The van der Waals surface area contributed by atoms with Crippen LogP contribution < -0.4 is 15.0 Å². The lowest BCUT2D eigenvalue weighted by molar-refractivity contribution is 0.299. The van der Waals surface area contributed by atoms with Crippen LogP contribution in [0.25, 0.3) is 27.2 Å². The van der Waals surface area contributed by atoms with Gasteiger partial charge in [0.15, 0.2) is 0 Å². The number of H-pyrrole nitrogens is 1. The van der Waals surface area contributed by atoms with Crippen molar-refractivity contribution >= 4 is 17.0 Å². The first-order valence-electron chi connectivity index (χ1n) is 9.72. The molecule has 0 atom stereocenters. The minimum Gasteiger partial charge on any atom is -0.497 e.